The second-order valence-corrected chi connectivity index (χ2v) is 5.24. The van der Waals surface area contributed by atoms with Crippen LogP contribution in [0, 0.1) is 5.82 Å². The summed E-state index contributed by atoms with van der Waals surface area (Å²) in [6.07, 6.45) is 0. The van der Waals surface area contributed by atoms with Crippen LogP contribution in [0.25, 0.3) is 20.8 Å². The van der Waals surface area contributed by atoms with E-state index in [1.54, 1.807) is 6.07 Å². The number of aromatic nitrogens is 1. The van der Waals surface area contributed by atoms with Crippen LogP contribution in [0.1, 0.15) is 0 Å². The van der Waals surface area contributed by atoms with E-state index in [9.17, 15) is 4.39 Å². The Balaban J connectivity index is 2.23. The van der Waals surface area contributed by atoms with E-state index in [-0.39, 0.29) is 5.82 Å². The molecule has 2 aromatic carbocycles. The average Bonchev–Trinajstić information content (AvgIpc) is 2.74. The van der Waals surface area contributed by atoms with E-state index < -0.39 is 0 Å². The monoisotopic (exact) mass is 278 g/mol. The minimum absolute atomic E-state index is 0.351. The van der Waals surface area contributed by atoms with Crippen LogP contribution < -0.4 is 5.73 Å². The molecule has 3 aromatic rings. The summed E-state index contributed by atoms with van der Waals surface area (Å²) in [5.74, 6) is -0.351. The van der Waals surface area contributed by atoms with Crippen molar-refractivity contribution < 1.29 is 4.39 Å². The number of nitrogens with two attached hydrogens (primary N) is 1. The summed E-state index contributed by atoms with van der Waals surface area (Å²) in [5, 5.41) is 1.41. The Kier molecular flexibility index (Phi) is 2.69. The summed E-state index contributed by atoms with van der Waals surface area (Å²) in [7, 11) is 0. The molecule has 0 aliphatic carbocycles. The van der Waals surface area contributed by atoms with Crippen molar-refractivity contribution in [1.29, 1.82) is 0 Å². The van der Waals surface area contributed by atoms with Gasteiger partial charge in [0.15, 0.2) is 0 Å². The third-order valence-corrected chi connectivity index (χ3v) is 4.18. The van der Waals surface area contributed by atoms with E-state index in [4.69, 9.17) is 17.3 Å². The SMILES string of the molecule is Nc1cc(F)ccc1-c1nc2cccc(Cl)c2s1. The largest absolute Gasteiger partial charge is 0.398 e. The molecule has 0 aliphatic rings. The molecule has 0 amide bonds. The maximum absolute atomic E-state index is 13.0. The molecule has 5 heteroatoms. The standard InChI is InChI=1S/C13H8ClFN2S/c14-9-2-1-3-11-12(9)18-13(17-11)8-5-4-7(15)6-10(8)16/h1-6H,16H2. The molecule has 0 atom stereocenters. The van der Waals surface area contributed by atoms with E-state index in [2.05, 4.69) is 4.98 Å². The number of thiazole rings is 1. The lowest BCUT2D eigenvalue weighted by Crippen LogP contribution is -1.90. The lowest BCUT2D eigenvalue weighted by Gasteiger charge is -2.00. The Morgan fingerprint density at radius 3 is 2.78 bits per heavy atom. The van der Waals surface area contributed by atoms with E-state index in [1.165, 1.54) is 23.5 Å². The number of hydrogen-bond acceptors (Lipinski definition) is 3. The fourth-order valence-electron chi connectivity index (χ4n) is 1.76. The molecule has 1 aromatic heterocycles. The van der Waals surface area contributed by atoms with Crippen molar-refractivity contribution in [2.75, 3.05) is 5.73 Å². The second kappa shape index (κ2) is 4.23. The fourth-order valence-corrected chi connectivity index (χ4v) is 3.06. The zero-order chi connectivity index (χ0) is 12.7. The van der Waals surface area contributed by atoms with Gasteiger partial charge in [0.2, 0.25) is 0 Å². The van der Waals surface area contributed by atoms with Gasteiger partial charge in [-0.05, 0) is 30.3 Å². The number of nitrogens with zero attached hydrogens (tertiary/aromatic N) is 1. The zero-order valence-electron chi connectivity index (χ0n) is 9.15. The molecule has 18 heavy (non-hydrogen) atoms. The first kappa shape index (κ1) is 11.4. The Labute approximate surface area is 112 Å². The van der Waals surface area contributed by atoms with Crippen LogP contribution in [0.3, 0.4) is 0 Å². The number of hydrogen-bond donors (Lipinski definition) is 1. The predicted molar refractivity (Wildman–Crippen MR) is 74.4 cm³/mol. The molecule has 0 bridgehead atoms. The molecule has 2 nitrogen and oxygen atoms in total. The van der Waals surface area contributed by atoms with Gasteiger partial charge in [0.25, 0.3) is 0 Å². The van der Waals surface area contributed by atoms with E-state index >= 15 is 0 Å². The molecule has 90 valence electrons. The molecule has 0 fully saturated rings. The topological polar surface area (TPSA) is 38.9 Å². The molecule has 0 radical (unpaired) electrons. The van der Waals surface area contributed by atoms with Crippen LogP contribution in [0.5, 0.6) is 0 Å². The maximum atomic E-state index is 13.0. The van der Waals surface area contributed by atoms with Crippen molar-refractivity contribution in [3.05, 3.63) is 47.2 Å². The van der Waals surface area contributed by atoms with Crippen LogP contribution in [0.4, 0.5) is 10.1 Å². The summed E-state index contributed by atoms with van der Waals surface area (Å²) < 4.78 is 13.9. The first-order valence-electron chi connectivity index (χ1n) is 5.25. The van der Waals surface area contributed by atoms with E-state index in [0.717, 1.165) is 20.8 Å². The van der Waals surface area contributed by atoms with Crippen molar-refractivity contribution in [3.8, 4) is 10.6 Å². The van der Waals surface area contributed by atoms with Crippen LogP contribution in [0.15, 0.2) is 36.4 Å². The van der Waals surface area contributed by atoms with Gasteiger partial charge >= 0.3 is 0 Å². The minimum atomic E-state index is -0.351. The number of fused-ring (bicyclic) bond motifs is 1. The highest BCUT2D eigenvalue weighted by molar-refractivity contribution is 7.22. The molecule has 3 rings (SSSR count). The summed E-state index contributed by atoms with van der Waals surface area (Å²) in [4.78, 5) is 4.47. The highest BCUT2D eigenvalue weighted by Crippen LogP contribution is 2.36. The van der Waals surface area contributed by atoms with E-state index in [0.29, 0.717) is 10.7 Å². The van der Waals surface area contributed by atoms with Crippen LogP contribution in [-0.2, 0) is 0 Å². The smallest absolute Gasteiger partial charge is 0.126 e. The van der Waals surface area contributed by atoms with Gasteiger partial charge in [-0.1, -0.05) is 17.7 Å². The second-order valence-electron chi connectivity index (χ2n) is 3.84. The first-order chi connectivity index (χ1) is 8.65. The van der Waals surface area contributed by atoms with Crippen molar-refractivity contribution in [1.82, 2.24) is 4.98 Å². The Bertz CT molecular complexity index is 739. The van der Waals surface area contributed by atoms with Gasteiger partial charge in [-0.15, -0.1) is 11.3 Å². The molecular formula is C13H8ClFN2S. The van der Waals surface area contributed by atoms with Crippen LogP contribution in [0.2, 0.25) is 5.02 Å². The summed E-state index contributed by atoms with van der Waals surface area (Å²) in [6.45, 7) is 0. The zero-order valence-corrected chi connectivity index (χ0v) is 10.7. The Morgan fingerprint density at radius 1 is 1.22 bits per heavy atom. The van der Waals surface area contributed by atoms with Crippen LogP contribution >= 0.6 is 22.9 Å². The third-order valence-electron chi connectivity index (χ3n) is 2.61. The van der Waals surface area contributed by atoms with Crippen molar-refractivity contribution in [3.63, 3.8) is 0 Å². The molecule has 0 unspecified atom stereocenters. The summed E-state index contributed by atoms with van der Waals surface area (Å²) in [6, 6.07) is 9.86. The summed E-state index contributed by atoms with van der Waals surface area (Å²) in [5.41, 5.74) is 7.74. The summed E-state index contributed by atoms with van der Waals surface area (Å²) >= 11 is 7.55. The van der Waals surface area contributed by atoms with Crippen LogP contribution in [-0.4, -0.2) is 4.98 Å². The number of rotatable bonds is 1. The molecule has 1 heterocycles. The Morgan fingerprint density at radius 2 is 2.06 bits per heavy atom. The molecular weight excluding hydrogens is 271 g/mol. The normalized spacial score (nSPS) is 11.0. The quantitative estimate of drug-likeness (QED) is 0.673. The number of benzene rings is 2. The van der Waals surface area contributed by atoms with E-state index in [1.807, 2.05) is 18.2 Å². The van der Waals surface area contributed by atoms with Gasteiger partial charge < -0.3 is 5.73 Å². The van der Waals surface area contributed by atoms with Gasteiger partial charge in [0.1, 0.15) is 10.8 Å². The lowest BCUT2D eigenvalue weighted by molar-refractivity contribution is 0.628. The van der Waals surface area contributed by atoms with Crippen molar-refractivity contribution in [2.45, 2.75) is 0 Å². The van der Waals surface area contributed by atoms with Crippen molar-refractivity contribution >= 4 is 38.8 Å². The highest BCUT2D eigenvalue weighted by atomic mass is 35.5. The highest BCUT2D eigenvalue weighted by Gasteiger charge is 2.11. The molecule has 0 spiro atoms. The van der Waals surface area contributed by atoms with Gasteiger partial charge in [0, 0.05) is 11.3 Å². The van der Waals surface area contributed by atoms with Crippen molar-refractivity contribution in [2.24, 2.45) is 0 Å². The molecule has 0 aliphatic heterocycles. The lowest BCUT2D eigenvalue weighted by atomic mass is 10.2. The molecule has 0 saturated carbocycles. The molecule has 0 saturated heterocycles. The van der Waals surface area contributed by atoms with Gasteiger partial charge in [-0.2, -0.15) is 0 Å². The first-order valence-corrected chi connectivity index (χ1v) is 6.45. The maximum Gasteiger partial charge on any atom is 0.126 e. The Hall–Kier alpha value is -1.65. The minimum Gasteiger partial charge on any atom is -0.398 e. The molecule has 2 N–H and O–H groups in total. The van der Waals surface area contributed by atoms with Gasteiger partial charge in [-0.3, -0.25) is 0 Å². The third kappa shape index (κ3) is 1.83. The average molecular weight is 279 g/mol. The number of halogens is 2. The number of anilines is 1. The predicted octanol–water partition coefficient (Wildman–Crippen LogP) is 4.34. The van der Waals surface area contributed by atoms with Gasteiger partial charge in [0.05, 0.1) is 15.2 Å². The van der Waals surface area contributed by atoms with Gasteiger partial charge in [-0.25, -0.2) is 9.37 Å². The fraction of sp³-hybridized carbons (Fsp3) is 0. The number of nitrogen functional groups attached to an aromatic ring is 1.